The number of amides is 1. The van der Waals surface area contributed by atoms with Crippen LogP contribution < -0.4 is 5.32 Å². The van der Waals surface area contributed by atoms with Crippen molar-refractivity contribution in [2.24, 2.45) is 10.9 Å². The van der Waals surface area contributed by atoms with Gasteiger partial charge in [0.05, 0.1) is 5.71 Å². The van der Waals surface area contributed by atoms with Crippen LogP contribution in [0.5, 0.6) is 0 Å². The molecule has 0 aromatic heterocycles. The molecular weight excluding hydrogens is 286 g/mol. The number of carbonyl (C=O) groups is 2. The van der Waals surface area contributed by atoms with Gasteiger partial charge in [-0.3, -0.25) is 14.6 Å². The van der Waals surface area contributed by atoms with Crippen LogP contribution in [0.2, 0.25) is 0 Å². The van der Waals surface area contributed by atoms with Gasteiger partial charge in [0.1, 0.15) is 10.8 Å². The highest BCUT2D eigenvalue weighted by atomic mass is 32.2. The molecule has 5 rings (SSSR count). The van der Waals surface area contributed by atoms with Gasteiger partial charge in [0.25, 0.3) is 5.91 Å². The van der Waals surface area contributed by atoms with E-state index in [4.69, 9.17) is 0 Å². The van der Waals surface area contributed by atoms with Gasteiger partial charge in [0.15, 0.2) is 5.78 Å². The minimum absolute atomic E-state index is 0.117. The predicted octanol–water partition coefficient (Wildman–Crippen LogP) is 0.733. The minimum atomic E-state index is -0.317. The van der Waals surface area contributed by atoms with Crippen LogP contribution in [0.25, 0.3) is 0 Å². The van der Waals surface area contributed by atoms with Gasteiger partial charge in [-0.2, -0.15) is 0 Å². The molecule has 3 saturated heterocycles. The number of piperidine rings is 3. The lowest BCUT2D eigenvalue weighted by molar-refractivity contribution is -0.123. The van der Waals surface area contributed by atoms with Gasteiger partial charge in [-0.1, -0.05) is 0 Å². The SMILES string of the molecule is O=C(N[C@H]1CN2CCC1CC2)C1=CN=C2C=CSC2C1=O. The first kappa shape index (κ1) is 13.3. The third-order valence-corrected chi connectivity index (χ3v) is 5.81. The minimum Gasteiger partial charge on any atom is -0.348 e. The molecule has 0 saturated carbocycles. The van der Waals surface area contributed by atoms with Crippen molar-refractivity contribution in [3.05, 3.63) is 23.3 Å². The summed E-state index contributed by atoms with van der Waals surface area (Å²) in [5.41, 5.74) is 0.959. The van der Waals surface area contributed by atoms with Crippen LogP contribution >= 0.6 is 11.8 Å². The number of rotatable bonds is 2. The van der Waals surface area contributed by atoms with E-state index in [-0.39, 0.29) is 28.6 Å². The number of allylic oxidation sites excluding steroid dienone is 1. The number of carbonyl (C=O) groups excluding carboxylic acids is 2. The lowest BCUT2D eigenvalue weighted by Gasteiger charge is -2.45. The predicted molar refractivity (Wildman–Crippen MR) is 82.1 cm³/mol. The van der Waals surface area contributed by atoms with E-state index in [9.17, 15) is 9.59 Å². The van der Waals surface area contributed by atoms with E-state index >= 15 is 0 Å². The maximum atomic E-state index is 12.4. The summed E-state index contributed by atoms with van der Waals surface area (Å²) in [5, 5.41) is 4.61. The first-order valence-electron chi connectivity index (χ1n) is 7.39. The van der Waals surface area contributed by atoms with Gasteiger partial charge >= 0.3 is 0 Å². The van der Waals surface area contributed by atoms with Crippen molar-refractivity contribution in [1.29, 1.82) is 0 Å². The van der Waals surface area contributed by atoms with E-state index in [1.807, 2.05) is 11.5 Å². The Morgan fingerprint density at radius 2 is 2.19 bits per heavy atom. The number of aliphatic imine (C=N–C) groups is 1. The van der Waals surface area contributed by atoms with Crippen molar-refractivity contribution in [2.75, 3.05) is 19.6 Å². The Hall–Kier alpha value is -1.40. The highest BCUT2D eigenvalue weighted by Gasteiger charge is 2.38. The van der Waals surface area contributed by atoms with E-state index in [0.717, 1.165) is 38.2 Å². The number of hydrogen-bond acceptors (Lipinski definition) is 5. The van der Waals surface area contributed by atoms with Gasteiger partial charge in [0.2, 0.25) is 0 Å². The fourth-order valence-electron chi connectivity index (χ4n) is 3.54. The summed E-state index contributed by atoms with van der Waals surface area (Å²) in [6.07, 6.45) is 5.55. The van der Waals surface area contributed by atoms with Crippen molar-refractivity contribution < 1.29 is 9.59 Å². The Labute approximate surface area is 127 Å². The standard InChI is InChI=1S/C15H17N3O2S/c19-13-10(7-16-11-3-6-21-14(11)13)15(20)17-12-8-18-4-1-9(12)2-5-18/h3,6-7,9,12,14H,1-2,4-5,8H2,(H,17,20)/t12-,14?/m0/s1. The smallest absolute Gasteiger partial charge is 0.256 e. The molecule has 5 heterocycles. The molecule has 5 nitrogen and oxygen atoms in total. The molecule has 1 N–H and O–H groups in total. The van der Waals surface area contributed by atoms with E-state index in [1.54, 1.807) is 0 Å². The second-order valence-electron chi connectivity index (χ2n) is 6.00. The van der Waals surface area contributed by atoms with Crippen LogP contribution in [-0.2, 0) is 9.59 Å². The van der Waals surface area contributed by atoms with Crippen LogP contribution in [0.1, 0.15) is 12.8 Å². The van der Waals surface area contributed by atoms with E-state index in [0.29, 0.717) is 5.92 Å². The zero-order valence-corrected chi connectivity index (χ0v) is 12.4. The van der Waals surface area contributed by atoms with Gasteiger partial charge in [-0.05, 0) is 43.3 Å². The van der Waals surface area contributed by atoms with Crippen molar-refractivity contribution in [3.8, 4) is 0 Å². The summed E-state index contributed by atoms with van der Waals surface area (Å²) in [6, 6.07) is 0.174. The van der Waals surface area contributed by atoms with Crippen molar-refractivity contribution in [1.82, 2.24) is 10.2 Å². The van der Waals surface area contributed by atoms with Crippen molar-refractivity contribution in [2.45, 2.75) is 24.1 Å². The van der Waals surface area contributed by atoms with Gasteiger partial charge in [-0.25, -0.2) is 0 Å². The van der Waals surface area contributed by atoms with Crippen LogP contribution in [0.3, 0.4) is 0 Å². The number of ketones is 1. The largest absolute Gasteiger partial charge is 0.348 e. The maximum Gasteiger partial charge on any atom is 0.256 e. The molecule has 1 amide bonds. The molecule has 0 spiro atoms. The van der Waals surface area contributed by atoms with E-state index < -0.39 is 0 Å². The second-order valence-corrected chi connectivity index (χ2v) is 7.01. The van der Waals surface area contributed by atoms with Gasteiger partial charge in [0, 0.05) is 18.8 Å². The number of nitrogens with one attached hydrogen (secondary N) is 1. The maximum absolute atomic E-state index is 12.4. The highest BCUT2D eigenvalue weighted by molar-refractivity contribution is 8.04. The molecule has 2 atom stereocenters. The second kappa shape index (κ2) is 5.10. The molecule has 0 aromatic rings. The average molecular weight is 303 g/mol. The fraction of sp³-hybridized carbons (Fsp3) is 0.533. The van der Waals surface area contributed by atoms with Crippen LogP contribution in [0, 0.1) is 5.92 Å². The number of nitrogens with zero attached hydrogens (tertiary/aromatic N) is 2. The molecular formula is C15H17N3O2S. The molecule has 0 aromatic carbocycles. The molecule has 0 radical (unpaired) electrons. The summed E-state index contributed by atoms with van der Waals surface area (Å²) in [7, 11) is 0. The number of fused-ring (bicyclic) bond motifs is 4. The molecule has 21 heavy (non-hydrogen) atoms. The molecule has 3 fully saturated rings. The lowest BCUT2D eigenvalue weighted by Crippen LogP contribution is -2.57. The third-order valence-electron chi connectivity index (χ3n) is 4.79. The Bertz CT molecular complexity index is 588. The summed E-state index contributed by atoms with van der Waals surface area (Å²) < 4.78 is 0. The molecule has 0 aliphatic carbocycles. The quantitative estimate of drug-likeness (QED) is 0.764. The molecule has 5 aliphatic heterocycles. The highest BCUT2D eigenvalue weighted by Crippen LogP contribution is 2.30. The zero-order valence-electron chi connectivity index (χ0n) is 11.6. The Morgan fingerprint density at radius 1 is 1.38 bits per heavy atom. The summed E-state index contributed by atoms with van der Waals surface area (Å²) >= 11 is 1.42. The van der Waals surface area contributed by atoms with E-state index in [2.05, 4.69) is 15.2 Å². The Morgan fingerprint density at radius 3 is 2.90 bits per heavy atom. The molecule has 5 aliphatic rings. The van der Waals surface area contributed by atoms with Crippen molar-refractivity contribution in [3.63, 3.8) is 0 Å². The lowest BCUT2D eigenvalue weighted by atomic mass is 9.84. The Balaban J connectivity index is 1.48. The summed E-state index contributed by atoms with van der Waals surface area (Å²) in [6.45, 7) is 3.18. The average Bonchev–Trinajstić information content (AvgIpc) is 2.98. The zero-order chi connectivity index (χ0) is 14.4. The molecule has 110 valence electrons. The summed E-state index contributed by atoms with van der Waals surface area (Å²) in [4.78, 5) is 31.4. The molecule has 2 bridgehead atoms. The van der Waals surface area contributed by atoms with E-state index in [1.165, 1.54) is 18.0 Å². The number of thioether (sulfide) groups is 1. The first-order chi connectivity index (χ1) is 10.2. The Kier molecular flexibility index (Phi) is 3.23. The molecule has 6 heteroatoms. The van der Waals surface area contributed by atoms with Gasteiger partial charge < -0.3 is 10.2 Å². The first-order valence-corrected chi connectivity index (χ1v) is 8.34. The normalized spacial score (nSPS) is 37.0. The number of hydrogen-bond donors (Lipinski definition) is 1. The van der Waals surface area contributed by atoms with Crippen LogP contribution in [-0.4, -0.2) is 53.2 Å². The summed E-state index contributed by atoms with van der Waals surface area (Å²) in [5.74, 6) is 0.183. The third kappa shape index (κ3) is 2.26. The molecule has 1 unspecified atom stereocenters. The monoisotopic (exact) mass is 303 g/mol. The van der Waals surface area contributed by atoms with Gasteiger partial charge in [-0.15, -0.1) is 11.8 Å². The van der Waals surface area contributed by atoms with Crippen molar-refractivity contribution >= 4 is 29.2 Å². The van der Waals surface area contributed by atoms with Crippen LogP contribution in [0.4, 0.5) is 0 Å². The topological polar surface area (TPSA) is 61.8 Å². The van der Waals surface area contributed by atoms with Crippen LogP contribution in [0.15, 0.2) is 28.2 Å². The number of Topliss-reactive ketones (excluding diaryl/α,β-unsaturated/α-hetero) is 1. The fourth-order valence-corrected chi connectivity index (χ4v) is 4.45.